The van der Waals surface area contributed by atoms with Crippen LogP contribution in [0.1, 0.15) is 5.56 Å². The van der Waals surface area contributed by atoms with E-state index in [4.69, 9.17) is 16.3 Å². The van der Waals surface area contributed by atoms with Crippen molar-refractivity contribution in [2.75, 3.05) is 19.0 Å². The zero-order chi connectivity index (χ0) is 20.3. The highest BCUT2D eigenvalue weighted by atomic mass is 79.9. The van der Waals surface area contributed by atoms with Gasteiger partial charge in [0.1, 0.15) is 12.3 Å². The number of amides is 3. The van der Waals surface area contributed by atoms with Gasteiger partial charge in [-0.05, 0) is 69.7 Å². The Labute approximate surface area is 179 Å². The topological polar surface area (TPSA) is 75.7 Å². The second-order valence-corrected chi connectivity index (χ2v) is 7.98. The maximum Gasteiger partial charge on any atom is 0.294 e. The van der Waals surface area contributed by atoms with Gasteiger partial charge < -0.3 is 10.1 Å². The first-order valence-corrected chi connectivity index (χ1v) is 10.0. The lowest BCUT2D eigenvalue weighted by Gasteiger charge is -2.12. The predicted molar refractivity (Wildman–Crippen MR) is 113 cm³/mol. The zero-order valence-corrected chi connectivity index (χ0v) is 17.7. The molecule has 3 amide bonds. The van der Waals surface area contributed by atoms with Crippen LogP contribution >= 0.6 is 39.3 Å². The van der Waals surface area contributed by atoms with E-state index in [0.29, 0.717) is 20.9 Å². The first kappa shape index (κ1) is 20.4. The van der Waals surface area contributed by atoms with Crippen molar-refractivity contribution in [1.29, 1.82) is 0 Å². The van der Waals surface area contributed by atoms with E-state index in [2.05, 4.69) is 21.2 Å². The number of hydrogen-bond acceptors (Lipinski definition) is 5. The summed E-state index contributed by atoms with van der Waals surface area (Å²) in [5.74, 6) is -0.370. The lowest BCUT2D eigenvalue weighted by molar-refractivity contribution is -0.127. The summed E-state index contributed by atoms with van der Waals surface area (Å²) in [5, 5.41) is 2.56. The molecule has 0 atom stereocenters. The van der Waals surface area contributed by atoms with Crippen LogP contribution in [-0.2, 0) is 9.59 Å². The van der Waals surface area contributed by atoms with Crippen LogP contribution in [0.5, 0.6) is 5.75 Å². The molecular weight excluding hydrogens is 468 g/mol. The highest BCUT2D eigenvalue weighted by Gasteiger charge is 2.36. The fourth-order valence-electron chi connectivity index (χ4n) is 2.44. The quantitative estimate of drug-likeness (QED) is 0.622. The number of rotatable bonds is 5. The van der Waals surface area contributed by atoms with Crippen LogP contribution in [0.2, 0.25) is 5.02 Å². The molecule has 1 heterocycles. The van der Waals surface area contributed by atoms with Gasteiger partial charge >= 0.3 is 0 Å². The first-order valence-electron chi connectivity index (χ1n) is 8.01. The molecule has 9 heteroatoms. The molecule has 1 saturated heterocycles. The van der Waals surface area contributed by atoms with Crippen molar-refractivity contribution in [1.82, 2.24) is 4.90 Å². The number of methoxy groups -OCH3 is 1. The number of imide groups is 1. The molecule has 1 aliphatic rings. The minimum atomic E-state index is -0.512. The van der Waals surface area contributed by atoms with E-state index < -0.39 is 17.1 Å². The minimum absolute atomic E-state index is 0.248. The monoisotopic (exact) mass is 480 g/mol. The van der Waals surface area contributed by atoms with E-state index in [1.807, 2.05) is 0 Å². The Kier molecular flexibility index (Phi) is 6.43. The van der Waals surface area contributed by atoms with Crippen LogP contribution < -0.4 is 10.1 Å². The summed E-state index contributed by atoms with van der Waals surface area (Å²) in [6, 6.07) is 12.0. The molecule has 144 valence electrons. The molecule has 6 nitrogen and oxygen atoms in total. The molecular formula is C19H14BrClN2O4S. The molecule has 2 aromatic rings. The first-order chi connectivity index (χ1) is 13.4. The number of anilines is 1. The molecule has 0 aromatic heterocycles. The van der Waals surface area contributed by atoms with Gasteiger partial charge in [-0.1, -0.05) is 23.7 Å². The lowest BCUT2D eigenvalue weighted by atomic mass is 10.2. The van der Waals surface area contributed by atoms with Gasteiger partial charge in [0.05, 0.1) is 17.0 Å². The third-order valence-electron chi connectivity index (χ3n) is 3.77. The number of nitrogens with zero attached hydrogens (tertiary/aromatic N) is 1. The summed E-state index contributed by atoms with van der Waals surface area (Å²) in [6.07, 6.45) is 1.60. The summed E-state index contributed by atoms with van der Waals surface area (Å²) in [7, 11) is 1.55. The van der Waals surface area contributed by atoms with Crippen molar-refractivity contribution in [3.63, 3.8) is 0 Å². The zero-order valence-electron chi connectivity index (χ0n) is 14.6. The number of halogens is 2. The standard InChI is InChI=1S/C19H14BrClN2O4S/c1-27-13-4-2-3-11(7-13)8-16-18(25)23(19(26)28-16)10-17(24)22-12-5-6-14(20)15(21)9-12/h2-9H,10H2,1H3,(H,22,24)/b16-8+. The molecule has 3 rings (SSSR count). The van der Waals surface area contributed by atoms with Crippen molar-refractivity contribution in [3.8, 4) is 5.75 Å². The van der Waals surface area contributed by atoms with Crippen LogP contribution in [0.3, 0.4) is 0 Å². The average molecular weight is 482 g/mol. The molecule has 0 unspecified atom stereocenters. The van der Waals surface area contributed by atoms with Gasteiger partial charge in [-0.2, -0.15) is 0 Å². The van der Waals surface area contributed by atoms with Gasteiger partial charge in [-0.3, -0.25) is 19.3 Å². The number of carbonyl (C=O) groups is 3. The largest absolute Gasteiger partial charge is 0.497 e. The maximum absolute atomic E-state index is 12.5. The maximum atomic E-state index is 12.5. The highest BCUT2D eigenvalue weighted by Crippen LogP contribution is 2.32. The third-order valence-corrected chi connectivity index (χ3v) is 5.91. The summed E-state index contributed by atoms with van der Waals surface area (Å²) < 4.78 is 5.84. The minimum Gasteiger partial charge on any atom is -0.497 e. The van der Waals surface area contributed by atoms with Crippen LogP contribution in [-0.4, -0.2) is 35.6 Å². The van der Waals surface area contributed by atoms with Gasteiger partial charge in [-0.25, -0.2) is 0 Å². The summed E-state index contributed by atoms with van der Waals surface area (Å²) >= 11 is 10.1. The molecule has 1 N–H and O–H groups in total. The van der Waals surface area contributed by atoms with Crippen LogP contribution in [0, 0.1) is 0 Å². The number of carbonyl (C=O) groups excluding carboxylic acids is 3. The molecule has 0 aliphatic carbocycles. The van der Waals surface area contributed by atoms with Crippen LogP contribution in [0.15, 0.2) is 51.8 Å². The SMILES string of the molecule is COc1cccc(/C=C2/SC(=O)N(CC(=O)Nc3ccc(Br)c(Cl)c3)C2=O)c1. The van der Waals surface area contributed by atoms with Crippen molar-refractivity contribution in [2.24, 2.45) is 0 Å². The van der Waals surface area contributed by atoms with Gasteiger partial charge in [0, 0.05) is 10.2 Å². The van der Waals surface area contributed by atoms with Crippen molar-refractivity contribution in [3.05, 3.63) is 62.4 Å². The van der Waals surface area contributed by atoms with Crippen molar-refractivity contribution in [2.45, 2.75) is 0 Å². The van der Waals surface area contributed by atoms with Gasteiger partial charge in [-0.15, -0.1) is 0 Å². The molecule has 0 bridgehead atoms. The van der Waals surface area contributed by atoms with E-state index in [1.165, 1.54) is 0 Å². The number of ether oxygens (including phenoxy) is 1. The van der Waals surface area contributed by atoms with E-state index in [-0.39, 0.29) is 11.4 Å². The Hall–Kier alpha value is -2.29. The van der Waals surface area contributed by atoms with E-state index in [9.17, 15) is 14.4 Å². The Morgan fingerprint density at radius 1 is 1.29 bits per heavy atom. The lowest BCUT2D eigenvalue weighted by Crippen LogP contribution is -2.36. The second kappa shape index (κ2) is 8.81. The second-order valence-electron chi connectivity index (χ2n) is 5.72. The summed E-state index contributed by atoms with van der Waals surface area (Å²) in [5.41, 5.74) is 1.19. The predicted octanol–water partition coefficient (Wildman–Crippen LogP) is 4.79. The number of hydrogen-bond donors (Lipinski definition) is 1. The average Bonchev–Trinajstić information content (AvgIpc) is 2.92. The van der Waals surface area contributed by atoms with Crippen LogP contribution in [0.25, 0.3) is 6.08 Å². The molecule has 1 fully saturated rings. The highest BCUT2D eigenvalue weighted by molar-refractivity contribution is 9.10. The fraction of sp³-hybridized carbons (Fsp3) is 0.105. The molecule has 0 saturated carbocycles. The van der Waals surface area contributed by atoms with E-state index >= 15 is 0 Å². The Morgan fingerprint density at radius 3 is 2.79 bits per heavy atom. The van der Waals surface area contributed by atoms with Crippen molar-refractivity contribution >= 4 is 68.1 Å². The van der Waals surface area contributed by atoms with Gasteiger partial charge in [0.25, 0.3) is 11.1 Å². The Morgan fingerprint density at radius 2 is 2.07 bits per heavy atom. The summed E-state index contributed by atoms with van der Waals surface area (Å²) in [4.78, 5) is 38.1. The molecule has 28 heavy (non-hydrogen) atoms. The summed E-state index contributed by atoms with van der Waals surface area (Å²) in [6.45, 7) is -0.381. The Bertz CT molecular complexity index is 996. The third kappa shape index (κ3) is 4.76. The smallest absolute Gasteiger partial charge is 0.294 e. The van der Waals surface area contributed by atoms with E-state index in [1.54, 1.807) is 55.7 Å². The molecule has 0 spiro atoms. The van der Waals surface area contributed by atoms with Crippen molar-refractivity contribution < 1.29 is 19.1 Å². The normalized spacial score (nSPS) is 15.2. The van der Waals surface area contributed by atoms with E-state index in [0.717, 1.165) is 22.2 Å². The van der Waals surface area contributed by atoms with Gasteiger partial charge in [0.2, 0.25) is 5.91 Å². The number of benzene rings is 2. The number of thioether (sulfide) groups is 1. The number of nitrogens with one attached hydrogen (secondary N) is 1. The fourth-order valence-corrected chi connectivity index (χ4v) is 3.70. The van der Waals surface area contributed by atoms with Crippen LogP contribution in [0.4, 0.5) is 10.5 Å². The molecule has 1 aliphatic heterocycles. The Balaban J connectivity index is 1.70. The molecule has 0 radical (unpaired) electrons. The molecule has 2 aromatic carbocycles. The van der Waals surface area contributed by atoms with Gasteiger partial charge in [0.15, 0.2) is 0 Å².